The number of aliphatic imine (C=N–C) groups is 1. The number of nitrogens with zero attached hydrogens (tertiary/aromatic N) is 4. The molecular weight excluding hydrogens is 492 g/mol. The molecule has 0 unspecified atom stereocenters. The Morgan fingerprint density at radius 3 is 2.55 bits per heavy atom. The molecule has 5 rings (SSSR count). The number of likely N-dealkylation sites (tertiary alicyclic amines) is 1. The fourth-order valence-electron chi connectivity index (χ4n) is 4.23. The number of nitrogens with one attached hydrogen (secondary N) is 1. The number of ether oxygens (including phenoxy) is 1. The molecule has 0 atom stereocenters. The molecule has 1 saturated heterocycles. The molecule has 0 bridgehead atoms. The van der Waals surface area contributed by atoms with Crippen LogP contribution in [0, 0.1) is 11.6 Å². The smallest absolute Gasteiger partial charge is 0.267 e. The largest absolute Gasteiger partial charge is 0.811 e. The zero-order valence-electron chi connectivity index (χ0n) is 20.1. The lowest BCUT2D eigenvalue weighted by atomic mass is 10.2. The van der Waals surface area contributed by atoms with Gasteiger partial charge >= 0.3 is 0 Å². The van der Waals surface area contributed by atoms with E-state index in [1.54, 1.807) is 6.08 Å². The molecular formula is C28H22F2N5O3-. The highest BCUT2D eigenvalue weighted by atomic mass is 19.1. The number of allylic oxidation sites excluding steroid dienone is 1. The van der Waals surface area contributed by atoms with Gasteiger partial charge < -0.3 is 20.4 Å². The van der Waals surface area contributed by atoms with Gasteiger partial charge in [-0.2, -0.15) is 6.21 Å². The van der Waals surface area contributed by atoms with E-state index in [2.05, 4.69) is 15.2 Å². The summed E-state index contributed by atoms with van der Waals surface area (Å²) in [5.74, 6) is -1.07. The van der Waals surface area contributed by atoms with Crippen LogP contribution in [0.15, 0.2) is 94.2 Å². The van der Waals surface area contributed by atoms with Crippen LogP contribution >= 0.6 is 0 Å². The molecule has 192 valence electrons. The van der Waals surface area contributed by atoms with E-state index in [1.807, 2.05) is 0 Å². The van der Waals surface area contributed by atoms with Crippen LogP contribution < -0.4 is 15.6 Å². The molecule has 1 amide bonds. The number of benzene rings is 2. The van der Waals surface area contributed by atoms with Crippen molar-refractivity contribution in [2.75, 3.05) is 18.4 Å². The molecule has 38 heavy (non-hydrogen) atoms. The van der Waals surface area contributed by atoms with Gasteiger partial charge in [-0.05, 0) is 61.4 Å². The van der Waals surface area contributed by atoms with Crippen molar-refractivity contribution in [2.24, 2.45) is 4.99 Å². The highest BCUT2D eigenvalue weighted by Gasteiger charge is 2.23. The van der Waals surface area contributed by atoms with E-state index in [0.29, 0.717) is 17.2 Å². The second kappa shape index (κ2) is 10.6. The fraction of sp³-hybridized carbons (Fsp3) is 0.143. The van der Waals surface area contributed by atoms with Crippen molar-refractivity contribution in [3.63, 3.8) is 0 Å². The Morgan fingerprint density at radius 2 is 1.84 bits per heavy atom. The summed E-state index contributed by atoms with van der Waals surface area (Å²) < 4.78 is 35.2. The van der Waals surface area contributed by atoms with Gasteiger partial charge in [-0.3, -0.25) is 14.2 Å². The lowest BCUT2D eigenvalue weighted by Gasteiger charge is -2.14. The molecule has 3 aromatic rings. The summed E-state index contributed by atoms with van der Waals surface area (Å²) in [4.78, 5) is 32.2. The maximum Gasteiger partial charge on any atom is 0.267 e. The first kappa shape index (κ1) is 24.8. The third-order valence-corrected chi connectivity index (χ3v) is 6.12. The molecule has 0 spiro atoms. The second-order valence-corrected chi connectivity index (χ2v) is 8.65. The highest BCUT2D eigenvalue weighted by molar-refractivity contribution is 6.04. The molecule has 2 aliphatic heterocycles. The van der Waals surface area contributed by atoms with Crippen LogP contribution in [-0.2, 0) is 0 Å². The van der Waals surface area contributed by atoms with E-state index < -0.39 is 23.1 Å². The summed E-state index contributed by atoms with van der Waals surface area (Å²) in [7, 11) is 0. The molecule has 2 aliphatic rings. The fourth-order valence-corrected chi connectivity index (χ4v) is 4.23. The van der Waals surface area contributed by atoms with E-state index in [4.69, 9.17) is 4.74 Å². The van der Waals surface area contributed by atoms with Crippen molar-refractivity contribution < 1.29 is 18.3 Å². The number of aromatic nitrogens is 1. The van der Waals surface area contributed by atoms with Crippen LogP contribution in [0.1, 0.15) is 23.2 Å². The first-order valence-corrected chi connectivity index (χ1v) is 11.9. The molecule has 1 fully saturated rings. The third-order valence-electron chi connectivity index (χ3n) is 6.12. The number of hydrogen-bond donors (Lipinski definition) is 1. The number of carbonyl (C=O) groups is 1. The second-order valence-electron chi connectivity index (χ2n) is 8.65. The van der Waals surface area contributed by atoms with E-state index in [0.717, 1.165) is 38.2 Å². The third kappa shape index (κ3) is 5.15. The van der Waals surface area contributed by atoms with Gasteiger partial charge in [0, 0.05) is 42.8 Å². The van der Waals surface area contributed by atoms with Crippen molar-refractivity contribution >= 4 is 23.6 Å². The molecule has 0 saturated carbocycles. The van der Waals surface area contributed by atoms with Gasteiger partial charge in [-0.15, -0.1) is 0 Å². The number of amides is 1. The van der Waals surface area contributed by atoms with Gasteiger partial charge in [0.2, 0.25) is 0 Å². The van der Waals surface area contributed by atoms with E-state index in [9.17, 15) is 23.8 Å². The predicted octanol–water partition coefficient (Wildman–Crippen LogP) is 4.66. The molecule has 1 N–H and O–H groups in total. The lowest BCUT2D eigenvalue weighted by Crippen LogP contribution is -2.27. The Morgan fingerprint density at radius 1 is 1.08 bits per heavy atom. The first-order chi connectivity index (χ1) is 18.4. The number of carbonyl (C=O) groups excluding carboxylic acids is 1. The Labute approximate surface area is 216 Å². The topological polar surface area (TPSA) is 98.2 Å². The first-order valence-electron chi connectivity index (χ1n) is 11.9. The zero-order chi connectivity index (χ0) is 26.6. The summed E-state index contributed by atoms with van der Waals surface area (Å²) in [6.07, 6.45) is 7.47. The Balaban J connectivity index is 1.32. The molecule has 10 heteroatoms. The summed E-state index contributed by atoms with van der Waals surface area (Å²) in [5.41, 5.74) is 0.0798. The maximum absolute atomic E-state index is 14.9. The number of hydrogen-bond acceptors (Lipinski definition) is 5. The van der Waals surface area contributed by atoms with Gasteiger partial charge in [-0.25, -0.2) is 13.8 Å². The summed E-state index contributed by atoms with van der Waals surface area (Å²) in [6.45, 7) is 1.72. The molecule has 0 radical (unpaired) electrons. The van der Waals surface area contributed by atoms with Crippen LogP contribution in [0.25, 0.3) is 11.1 Å². The van der Waals surface area contributed by atoms with Crippen molar-refractivity contribution in [1.82, 2.24) is 9.47 Å². The highest BCUT2D eigenvalue weighted by Crippen LogP contribution is 2.29. The van der Waals surface area contributed by atoms with Crippen LogP contribution in [-0.4, -0.2) is 40.5 Å². The molecule has 8 nitrogen and oxygen atoms in total. The van der Waals surface area contributed by atoms with Gasteiger partial charge in [0.25, 0.3) is 11.5 Å². The number of rotatable bonds is 6. The maximum atomic E-state index is 14.9. The number of anilines is 1. The van der Waals surface area contributed by atoms with Gasteiger partial charge in [0.05, 0.1) is 0 Å². The van der Waals surface area contributed by atoms with Crippen molar-refractivity contribution in [1.29, 1.82) is 0 Å². The lowest BCUT2D eigenvalue weighted by molar-refractivity contribution is 0.102. The number of amidine groups is 1. The Bertz CT molecular complexity index is 1550. The Kier molecular flexibility index (Phi) is 6.94. The van der Waals surface area contributed by atoms with Crippen molar-refractivity contribution in [3.8, 4) is 11.4 Å². The van der Waals surface area contributed by atoms with Gasteiger partial charge in [0.1, 0.15) is 22.9 Å². The Hall–Kier alpha value is -4.86. The SMILES string of the molecule is [N-]=C/C=C1\N=C(N2CCCC2)C=C1Oc1ccc(NC(=O)c2cccn(-c3ccc(F)cc3)c2=O)cc1F. The van der Waals surface area contributed by atoms with Crippen LogP contribution in [0.5, 0.6) is 5.75 Å². The minimum atomic E-state index is -0.748. The average Bonchev–Trinajstić information content (AvgIpc) is 3.57. The number of halogens is 2. The van der Waals surface area contributed by atoms with E-state index >= 15 is 0 Å². The zero-order valence-corrected chi connectivity index (χ0v) is 20.1. The molecule has 1 aromatic heterocycles. The average molecular weight is 515 g/mol. The standard InChI is InChI=1S/C28H22F2N5O3/c29-18-5-8-20(9-6-18)35-15-3-4-21(28(35)37)27(36)32-19-7-10-24(22(30)16-19)38-25-17-26(33-23(25)11-12-31)34-13-1-2-14-34/h3-12,15-17H,1-2,13-14H2,(H,32,36)/q-1/b23-11-. The molecule has 2 aromatic carbocycles. The minimum absolute atomic E-state index is 0.102. The quantitative estimate of drug-likeness (QED) is 0.484. The summed E-state index contributed by atoms with van der Waals surface area (Å²) in [5, 5.41) is 11.7. The van der Waals surface area contributed by atoms with Crippen LogP contribution in [0.2, 0.25) is 0 Å². The van der Waals surface area contributed by atoms with Crippen molar-refractivity contribution in [2.45, 2.75) is 12.8 Å². The van der Waals surface area contributed by atoms with Crippen LogP contribution in [0.3, 0.4) is 0 Å². The monoisotopic (exact) mass is 514 g/mol. The van der Waals surface area contributed by atoms with Gasteiger partial charge in [0.15, 0.2) is 17.3 Å². The molecule has 3 heterocycles. The van der Waals surface area contributed by atoms with E-state index in [1.165, 1.54) is 65.4 Å². The summed E-state index contributed by atoms with van der Waals surface area (Å²) >= 11 is 0. The summed E-state index contributed by atoms with van der Waals surface area (Å²) in [6, 6.07) is 12.0. The minimum Gasteiger partial charge on any atom is -0.811 e. The van der Waals surface area contributed by atoms with Crippen LogP contribution in [0.4, 0.5) is 14.5 Å². The number of pyridine rings is 1. The molecule has 0 aliphatic carbocycles. The van der Waals surface area contributed by atoms with E-state index in [-0.39, 0.29) is 22.8 Å². The normalized spacial score (nSPS) is 15.8. The van der Waals surface area contributed by atoms with Crippen molar-refractivity contribution in [3.05, 3.63) is 117 Å². The predicted molar refractivity (Wildman–Crippen MR) is 141 cm³/mol. The van der Waals surface area contributed by atoms with Gasteiger partial charge in [-0.1, -0.05) is 6.08 Å².